The molecule has 1 aliphatic carbocycles. The number of carboxylic acids is 1. The molecule has 3 rings (SSSR count). The minimum atomic E-state index is -0.735. The minimum absolute atomic E-state index is 0.604. The lowest BCUT2D eigenvalue weighted by atomic mass is 9.85. The zero-order chi connectivity index (χ0) is 16.4. The third-order valence-electron chi connectivity index (χ3n) is 4.68. The van der Waals surface area contributed by atoms with Crippen molar-refractivity contribution in [2.45, 2.75) is 38.7 Å². The smallest absolute Gasteiger partial charge is 0.313 e. The zero-order valence-electron chi connectivity index (χ0n) is 13.2. The number of fused-ring (bicyclic) bond motifs is 1. The van der Waals surface area contributed by atoms with Gasteiger partial charge in [0.25, 0.3) is 0 Å². The van der Waals surface area contributed by atoms with Gasteiger partial charge in [-0.25, -0.2) is 0 Å². The van der Waals surface area contributed by atoms with Gasteiger partial charge in [0.05, 0.1) is 22.7 Å². The normalized spacial score (nSPS) is 18.5. The third-order valence-corrected chi connectivity index (χ3v) is 4.68. The van der Waals surface area contributed by atoms with E-state index >= 15 is 0 Å². The number of carbonyl (C=O) groups is 1. The molecular weight excluding hydrogens is 290 g/mol. The van der Waals surface area contributed by atoms with Crippen molar-refractivity contribution >= 4 is 22.9 Å². The summed E-state index contributed by atoms with van der Waals surface area (Å²) in [6, 6.07) is 9.62. The number of carboxylic acid groups (broad SMARTS) is 1. The average Bonchev–Trinajstić information content (AvgIpc) is 3.02. The van der Waals surface area contributed by atoms with Gasteiger partial charge in [-0.3, -0.25) is 9.78 Å². The van der Waals surface area contributed by atoms with Crippen molar-refractivity contribution in [3.63, 3.8) is 0 Å². The Morgan fingerprint density at radius 2 is 1.96 bits per heavy atom. The van der Waals surface area contributed by atoms with Crippen LogP contribution in [0.1, 0.15) is 50.0 Å². The van der Waals surface area contributed by atoms with Crippen LogP contribution >= 0.6 is 0 Å². The second-order valence-corrected chi connectivity index (χ2v) is 6.37. The van der Waals surface area contributed by atoms with E-state index in [4.69, 9.17) is 0 Å². The van der Waals surface area contributed by atoms with Gasteiger partial charge in [0, 0.05) is 5.39 Å². The molecule has 120 valence electrons. The van der Waals surface area contributed by atoms with E-state index in [9.17, 15) is 15.0 Å². The molecule has 23 heavy (non-hydrogen) atoms. The van der Waals surface area contributed by atoms with E-state index in [0.717, 1.165) is 29.3 Å². The number of hydrogen-bond donors (Lipinski definition) is 2. The van der Waals surface area contributed by atoms with Crippen LogP contribution in [0.5, 0.6) is 0 Å². The summed E-state index contributed by atoms with van der Waals surface area (Å²) in [4.78, 5) is 16.1. The van der Waals surface area contributed by atoms with E-state index in [0.29, 0.717) is 18.5 Å². The molecule has 4 nitrogen and oxygen atoms in total. The van der Waals surface area contributed by atoms with Gasteiger partial charge in [-0.05, 0) is 37.5 Å². The van der Waals surface area contributed by atoms with Crippen LogP contribution < -0.4 is 0 Å². The van der Waals surface area contributed by atoms with Gasteiger partial charge in [-0.15, -0.1) is 0 Å². The lowest BCUT2D eigenvalue weighted by molar-refractivity contribution is -0.145. The summed E-state index contributed by atoms with van der Waals surface area (Å²) in [5.41, 5.74) is 1.65. The first-order valence-electron chi connectivity index (χ1n) is 8.02. The van der Waals surface area contributed by atoms with Crippen molar-refractivity contribution < 1.29 is 15.0 Å². The highest BCUT2D eigenvalue weighted by Gasteiger charge is 2.38. The Hall–Kier alpha value is -2.20. The Bertz CT molecular complexity index is 758. The topological polar surface area (TPSA) is 70.4 Å². The number of aromatic nitrogens is 1. The highest BCUT2D eigenvalue weighted by molar-refractivity contribution is 5.83. The molecule has 1 heterocycles. The largest absolute Gasteiger partial charge is 0.481 e. The number of benzene rings is 1. The summed E-state index contributed by atoms with van der Waals surface area (Å²) in [5.74, 6) is -0.735. The highest BCUT2D eigenvalue weighted by atomic mass is 16.4. The van der Waals surface area contributed by atoms with E-state index in [1.807, 2.05) is 42.5 Å². The van der Waals surface area contributed by atoms with Crippen molar-refractivity contribution in [2.75, 3.05) is 0 Å². The predicted molar refractivity (Wildman–Crippen MR) is 89.9 cm³/mol. The van der Waals surface area contributed by atoms with Crippen LogP contribution in [0.3, 0.4) is 0 Å². The molecule has 0 saturated heterocycles. The molecule has 4 heteroatoms. The van der Waals surface area contributed by atoms with Gasteiger partial charge in [0.2, 0.25) is 0 Å². The molecule has 0 unspecified atom stereocenters. The lowest BCUT2D eigenvalue weighted by Crippen LogP contribution is -2.24. The summed E-state index contributed by atoms with van der Waals surface area (Å²) in [6.45, 7) is 1.69. The van der Waals surface area contributed by atoms with Crippen molar-refractivity contribution in [3.8, 4) is 0 Å². The Labute approximate surface area is 135 Å². The van der Waals surface area contributed by atoms with E-state index in [1.165, 1.54) is 0 Å². The number of aliphatic hydroxyl groups excluding tert-OH is 1. The molecule has 1 aromatic heterocycles. The fraction of sp³-hybridized carbons (Fsp3) is 0.368. The van der Waals surface area contributed by atoms with Crippen LogP contribution in [0.15, 0.2) is 36.4 Å². The number of pyridine rings is 1. The molecule has 1 saturated carbocycles. The molecule has 0 spiro atoms. The zero-order valence-corrected chi connectivity index (χ0v) is 13.2. The summed E-state index contributed by atoms with van der Waals surface area (Å²) in [7, 11) is 0. The molecule has 0 radical (unpaired) electrons. The van der Waals surface area contributed by atoms with E-state index in [-0.39, 0.29) is 0 Å². The summed E-state index contributed by atoms with van der Waals surface area (Å²) >= 11 is 0. The van der Waals surface area contributed by atoms with Crippen LogP contribution in [0.25, 0.3) is 17.0 Å². The number of nitrogens with zero attached hydrogens (tertiary/aromatic N) is 1. The van der Waals surface area contributed by atoms with E-state index in [1.54, 1.807) is 6.92 Å². The molecule has 2 aromatic rings. The summed E-state index contributed by atoms with van der Waals surface area (Å²) in [5, 5.41) is 20.2. The van der Waals surface area contributed by atoms with E-state index in [2.05, 4.69) is 4.98 Å². The monoisotopic (exact) mass is 311 g/mol. The highest BCUT2D eigenvalue weighted by Crippen LogP contribution is 2.40. The van der Waals surface area contributed by atoms with Crippen LogP contribution in [0.2, 0.25) is 0 Å². The quantitative estimate of drug-likeness (QED) is 0.897. The molecule has 1 aliphatic rings. The van der Waals surface area contributed by atoms with Crippen molar-refractivity contribution in [1.82, 2.24) is 4.98 Å². The van der Waals surface area contributed by atoms with Crippen LogP contribution in [-0.2, 0) is 4.79 Å². The Balaban J connectivity index is 1.93. The maximum absolute atomic E-state index is 11.6. The van der Waals surface area contributed by atoms with Gasteiger partial charge < -0.3 is 10.2 Å². The molecule has 1 aromatic carbocycles. The van der Waals surface area contributed by atoms with Crippen molar-refractivity contribution in [3.05, 3.63) is 47.7 Å². The molecule has 0 bridgehead atoms. The SMILES string of the molecule is C[C@@H](O)c1ccc2ccc(/C=C/C3(C(=O)O)CCCC3)cc2n1. The Morgan fingerprint density at radius 1 is 1.26 bits per heavy atom. The second-order valence-electron chi connectivity index (χ2n) is 6.37. The first-order chi connectivity index (χ1) is 11.0. The minimum Gasteiger partial charge on any atom is -0.481 e. The van der Waals surface area contributed by atoms with E-state index < -0.39 is 17.5 Å². The number of rotatable bonds is 4. The molecule has 1 fully saturated rings. The maximum atomic E-state index is 11.6. The van der Waals surface area contributed by atoms with Crippen LogP contribution in [-0.4, -0.2) is 21.2 Å². The molecular formula is C19H21NO3. The van der Waals surface area contributed by atoms with Crippen LogP contribution in [0.4, 0.5) is 0 Å². The van der Waals surface area contributed by atoms with Gasteiger partial charge in [0.15, 0.2) is 0 Å². The van der Waals surface area contributed by atoms with Crippen molar-refractivity contribution in [1.29, 1.82) is 0 Å². The standard InChI is InChI=1S/C19H21NO3/c1-13(21)16-7-6-15-5-4-14(12-17(15)20-16)8-11-19(18(22)23)9-2-3-10-19/h4-8,11-13,21H,2-3,9-10H2,1H3,(H,22,23)/b11-8+/t13-/m1/s1. The van der Waals surface area contributed by atoms with Gasteiger partial charge >= 0.3 is 5.97 Å². The molecule has 0 amide bonds. The van der Waals surface area contributed by atoms with Gasteiger partial charge in [-0.1, -0.05) is 43.2 Å². The van der Waals surface area contributed by atoms with Gasteiger partial charge in [-0.2, -0.15) is 0 Å². The number of aliphatic hydroxyl groups is 1. The average molecular weight is 311 g/mol. The van der Waals surface area contributed by atoms with Gasteiger partial charge in [0.1, 0.15) is 0 Å². The summed E-state index contributed by atoms with van der Waals surface area (Å²) < 4.78 is 0. The summed E-state index contributed by atoms with van der Waals surface area (Å²) in [6.07, 6.45) is 6.46. The Morgan fingerprint density at radius 3 is 2.61 bits per heavy atom. The third kappa shape index (κ3) is 3.13. The first kappa shape index (κ1) is 15.7. The molecule has 0 aliphatic heterocycles. The fourth-order valence-corrected chi connectivity index (χ4v) is 3.20. The second kappa shape index (κ2) is 6.13. The maximum Gasteiger partial charge on any atom is 0.313 e. The molecule has 2 N–H and O–H groups in total. The first-order valence-corrected chi connectivity index (χ1v) is 8.02. The predicted octanol–water partition coefficient (Wildman–Crippen LogP) is 3.95. The lowest BCUT2D eigenvalue weighted by Gasteiger charge is -2.18. The number of hydrogen-bond acceptors (Lipinski definition) is 3. The fourth-order valence-electron chi connectivity index (χ4n) is 3.20. The van der Waals surface area contributed by atoms with Crippen molar-refractivity contribution in [2.24, 2.45) is 5.41 Å². The van der Waals surface area contributed by atoms with Crippen LogP contribution in [0, 0.1) is 5.41 Å². The number of aliphatic carboxylic acids is 1. The molecule has 1 atom stereocenters. The Kier molecular flexibility index (Phi) is 4.18.